The molecule has 1 N–H and O–H groups in total. The highest BCUT2D eigenvalue weighted by Gasteiger charge is 2.17. The van der Waals surface area contributed by atoms with Crippen molar-refractivity contribution in [2.45, 2.75) is 52.8 Å². The molecule has 0 spiro atoms. The Hall–Kier alpha value is -1.10. The number of rotatable bonds is 11. The third-order valence-electron chi connectivity index (χ3n) is 3.97. The number of ether oxygens (including phenoxy) is 2. The highest BCUT2D eigenvalue weighted by atomic mass is 16.5. The molecule has 0 saturated heterocycles. The van der Waals surface area contributed by atoms with Crippen LogP contribution in [0.1, 0.15) is 39.7 Å². The van der Waals surface area contributed by atoms with Gasteiger partial charge < -0.3 is 14.6 Å². The van der Waals surface area contributed by atoms with Crippen molar-refractivity contribution in [3.05, 3.63) is 29.8 Å². The first-order chi connectivity index (χ1) is 11.0. The Bertz CT molecular complexity index is 419. The van der Waals surface area contributed by atoms with Gasteiger partial charge >= 0.3 is 0 Å². The average molecular weight is 323 g/mol. The summed E-state index contributed by atoms with van der Waals surface area (Å²) >= 11 is 0. The van der Waals surface area contributed by atoms with E-state index in [1.807, 2.05) is 12.1 Å². The molecule has 0 amide bonds. The molecule has 0 heterocycles. The first kappa shape index (κ1) is 19.9. The lowest BCUT2D eigenvalue weighted by Crippen LogP contribution is -2.40. The van der Waals surface area contributed by atoms with Crippen LogP contribution in [-0.2, 0) is 11.3 Å². The summed E-state index contributed by atoms with van der Waals surface area (Å²) in [6.45, 7) is 11.1. The van der Waals surface area contributed by atoms with Gasteiger partial charge in [-0.15, -0.1) is 0 Å². The van der Waals surface area contributed by atoms with Crippen LogP contribution in [0.3, 0.4) is 0 Å². The Labute approximate surface area is 141 Å². The van der Waals surface area contributed by atoms with E-state index in [4.69, 9.17) is 9.47 Å². The molecule has 0 aliphatic heterocycles. The molecule has 2 unspecified atom stereocenters. The van der Waals surface area contributed by atoms with Crippen LogP contribution >= 0.6 is 0 Å². The van der Waals surface area contributed by atoms with Gasteiger partial charge in [-0.3, -0.25) is 4.90 Å². The van der Waals surface area contributed by atoms with E-state index >= 15 is 0 Å². The van der Waals surface area contributed by atoms with Crippen LogP contribution in [0.2, 0.25) is 0 Å². The van der Waals surface area contributed by atoms with Crippen LogP contribution in [0.5, 0.6) is 5.75 Å². The topological polar surface area (TPSA) is 41.9 Å². The molecular weight excluding hydrogens is 290 g/mol. The molecule has 4 nitrogen and oxygen atoms in total. The standard InChI is InChI=1S/C19H33NO3/c1-6-16(4)20(12-18(21)14-23-13-15(2)3)11-17-7-9-19(22-5)10-8-17/h7-10,15-16,18,21H,6,11-14H2,1-5H3. The maximum atomic E-state index is 10.3. The summed E-state index contributed by atoms with van der Waals surface area (Å²) in [5, 5.41) is 10.3. The van der Waals surface area contributed by atoms with E-state index < -0.39 is 6.10 Å². The second-order valence-corrected chi connectivity index (χ2v) is 6.62. The molecule has 0 saturated carbocycles. The summed E-state index contributed by atoms with van der Waals surface area (Å²) < 4.78 is 10.8. The second kappa shape index (κ2) is 10.6. The van der Waals surface area contributed by atoms with Crippen molar-refractivity contribution in [3.8, 4) is 5.75 Å². The number of aliphatic hydroxyl groups is 1. The monoisotopic (exact) mass is 323 g/mol. The molecule has 0 radical (unpaired) electrons. The first-order valence-electron chi connectivity index (χ1n) is 8.59. The lowest BCUT2D eigenvalue weighted by Gasteiger charge is -2.30. The van der Waals surface area contributed by atoms with E-state index in [2.05, 4.69) is 44.7 Å². The zero-order chi connectivity index (χ0) is 17.2. The summed E-state index contributed by atoms with van der Waals surface area (Å²) in [5.74, 6) is 1.36. The molecule has 1 aromatic carbocycles. The van der Waals surface area contributed by atoms with E-state index in [1.165, 1.54) is 5.56 Å². The lowest BCUT2D eigenvalue weighted by atomic mass is 10.1. The van der Waals surface area contributed by atoms with Crippen molar-refractivity contribution >= 4 is 0 Å². The van der Waals surface area contributed by atoms with E-state index in [1.54, 1.807) is 7.11 Å². The molecule has 23 heavy (non-hydrogen) atoms. The number of methoxy groups -OCH3 is 1. The van der Waals surface area contributed by atoms with Gasteiger partial charge in [-0.1, -0.05) is 32.9 Å². The Morgan fingerprint density at radius 1 is 1.09 bits per heavy atom. The van der Waals surface area contributed by atoms with Gasteiger partial charge in [0.05, 0.1) is 19.8 Å². The number of aliphatic hydroxyl groups excluding tert-OH is 1. The van der Waals surface area contributed by atoms with Crippen molar-refractivity contribution in [1.82, 2.24) is 4.90 Å². The summed E-state index contributed by atoms with van der Waals surface area (Å²) in [4.78, 5) is 2.31. The summed E-state index contributed by atoms with van der Waals surface area (Å²) in [5.41, 5.74) is 1.22. The van der Waals surface area contributed by atoms with Gasteiger partial charge in [0.25, 0.3) is 0 Å². The van der Waals surface area contributed by atoms with Crippen molar-refractivity contribution in [1.29, 1.82) is 0 Å². The molecule has 0 aromatic heterocycles. The average Bonchev–Trinajstić information content (AvgIpc) is 2.53. The smallest absolute Gasteiger partial charge is 0.118 e. The zero-order valence-corrected chi connectivity index (χ0v) is 15.3. The quantitative estimate of drug-likeness (QED) is 0.678. The summed E-state index contributed by atoms with van der Waals surface area (Å²) in [6, 6.07) is 8.53. The highest BCUT2D eigenvalue weighted by Crippen LogP contribution is 2.15. The molecule has 1 rings (SSSR count). The van der Waals surface area contributed by atoms with E-state index in [9.17, 15) is 5.11 Å². The summed E-state index contributed by atoms with van der Waals surface area (Å²) in [7, 11) is 1.67. The van der Waals surface area contributed by atoms with Gasteiger partial charge in [0.15, 0.2) is 0 Å². The SMILES string of the molecule is CCC(C)N(Cc1ccc(OC)cc1)CC(O)COCC(C)C. The normalized spacial score (nSPS) is 14.3. The molecule has 2 atom stereocenters. The fourth-order valence-electron chi connectivity index (χ4n) is 2.39. The van der Waals surface area contributed by atoms with Gasteiger partial charge in [-0.25, -0.2) is 0 Å². The molecule has 0 fully saturated rings. The zero-order valence-electron chi connectivity index (χ0n) is 15.3. The maximum absolute atomic E-state index is 10.3. The fraction of sp³-hybridized carbons (Fsp3) is 0.684. The van der Waals surface area contributed by atoms with Crippen LogP contribution in [0.4, 0.5) is 0 Å². The number of hydrogen-bond acceptors (Lipinski definition) is 4. The molecule has 0 aliphatic rings. The molecule has 0 bridgehead atoms. The van der Waals surface area contributed by atoms with Gasteiger partial charge in [0.1, 0.15) is 5.75 Å². The minimum Gasteiger partial charge on any atom is -0.497 e. The number of hydrogen-bond donors (Lipinski definition) is 1. The predicted octanol–water partition coefficient (Wildman–Crippen LogP) is 3.33. The van der Waals surface area contributed by atoms with Gasteiger partial charge in [-0.05, 0) is 37.0 Å². The third kappa shape index (κ3) is 7.82. The van der Waals surface area contributed by atoms with E-state index in [0.29, 0.717) is 31.7 Å². The Kier molecular flexibility index (Phi) is 9.22. The van der Waals surface area contributed by atoms with E-state index in [0.717, 1.165) is 18.7 Å². The maximum Gasteiger partial charge on any atom is 0.118 e. The van der Waals surface area contributed by atoms with Crippen LogP contribution in [0, 0.1) is 5.92 Å². The predicted molar refractivity (Wildman–Crippen MR) is 94.8 cm³/mol. The molecule has 0 aliphatic carbocycles. The third-order valence-corrected chi connectivity index (χ3v) is 3.97. The van der Waals surface area contributed by atoms with E-state index in [-0.39, 0.29) is 0 Å². The molecular formula is C19H33NO3. The van der Waals surface area contributed by atoms with Crippen molar-refractivity contribution in [2.75, 3.05) is 26.9 Å². The molecule has 4 heteroatoms. The van der Waals surface area contributed by atoms with Crippen molar-refractivity contribution < 1.29 is 14.6 Å². The van der Waals surface area contributed by atoms with Gasteiger partial charge in [-0.2, -0.15) is 0 Å². The van der Waals surface area contributed by atoms with Crippen LogP contribution in [0.25, 0.3) is 0 Å². The van der Waals surface area contributed by atoms with Crippen LogP contribution in [0.15, 0.2) is 24.3 Å². The van der Waals surface area contributed by atoms with Crippen molar-refractivity contribution in [3.63, 3.8) is 0 Å². The number of benzene rings is 1. The van der Waals surface area contributed by atoms with Gasteiger partial charge in [0.2, 0.25) is 0 Å². The van der Waals surface area contributed by atoms with Crippen molar-refractivity contribution in [2.24, 2.45) is 5.92 Å². The minimum absolute atomic E-state index is 0.397. The van der Waals surface area contributed by atoms with Crippen LogP contribution < -0.4 is 4.74 Å². The Morgan fingerprint density at radius 2 is 1.74 bits per heavy atom. The summed E-state index contributed by atoms with van der Waals surface area (Å²) in [6.07, 6.45) is 0.594. The minimum atomic E-state index is -0.457. The lowest BCUT2D eigenvalue weighted by molar-refractivity contribution is 0.000120. The number of nitrogens with zero attached hydrogens (tertiary/aromatic N) is 1. The first-order valence-corrected chi connectivity index (χ1v) is 8.59. The molecule has 132 valence electrons. The largest absolute Gasteiger partial charge is 0.497 e. The second-order valence-electron chi connectivity index (χ2n) is 6.62. The highest BCUT2D eigenvalue weighted by molar-refractivity contribution is 5.27. The molecule has 1 aromatic rings. The Morgan fingerprint density at radius 3 is 2.26 bits per heavy atom. The fourth-order valence-corrected chi connectivity index (χ4v) is 2.39. The van der Waals surface area contributed by atoms with Crippen LogP contribution in [-0.4, -0.2) is 49.0 Å². The Balaban J connectivity index is 2.57. The van der Waals surface area contributed by atoms with Gasteiger partial charge in [0, 0.05) is 25.7 Å².